The van der Waals surface area contributed by atoms with Gasteiger partial charge in [0.1, 0.15) is 10.6 Å². The molecule has 0 radical (unpaired) electrons. The zero-order valence-electron chi connectivity index (χ0n) is 10.3. The molecule has 2 aromatic rings. The molecule has 0 spiro atoms. The number of carboxylic acid groups (broad SMARTS) is 1. The van der Waals surface area contributed by atoms with Crippen molar-refractivity contribution < 1.29 is 14.3 Å². The van der Waals surface area contributed by atoms with E-state index in [0.29, 0.717) is 16.7 Å². The van der Waals surface area contributed by atoms with Crippen LogP contribution in [0.4, 0.5) is 4.39 Å². The number of hydrogen-bond donors (Lipinski definition) is 2. The molecule has 1 N–H and O–H groups in total. The third-order valence-corrected chi connectivity index (χ3v) is 3.50. The van der Waals surface area contributed by atoms with Crippen LogP contribution in [-0.2, 0) is 9.54 Å². The van der Waals surface area contributed by atoms with E-state index in [0.717, 1.165) is 0 Å². The first kappa shape index (κ1) is 13.6. The second-order valence-electron chi connectivity index (χ2n) is 4.43. The number of rotatable bonds is 3. The molecular formula is C15H13FO2S. The van der Waals surface area contributed by atoms with E-state index in [1.807, 2.05) is 0 Å². The van der Waals surface area contributed by atoms with Gasteiger partial charge >= 0.3 is 5.97 Å². The number of carboxylic acids is 1. The Balaban J connectivity index is 2.40. The summed E-state index contributed by atoms with van der Waals surface area (Å²) in [5.41, 5.74) is 1.75. The second kappa shape index (κ2) is 5.05. The van der Waals surface area contributed by atoms with Gasteiger partial charge in [0.05, 0.1) is 0 Å². The summed E-state index contributed by atoms with van der Waals surface area (Å²) in [5, 5.41) is 9.09. The van der Waals surface area contributed by atoms with Gasteiger partial charge in [-0.1, -0.05) is 42.5 Å². The molecular weight excluding hydrogens is 263 g/mol. The van der Waals surface area contributed by atoms with Gasteiger partial charge < -0.3 is 5.11 Å². The second-order valence-corrected chi connectivity index (χ2v) is 5.33. The van der Waals surface area contributed by atoms with E-state index in [1.54, 1.807) is 42.5 Å². The zero-order chi connectivity index (χ0) is 14.0. The van der Waals surface area contributed by atoms with Crippen molar-refractivity contribution >= 4 is 18.6 Å². The summed E-state index contributed by atoms with van der Waals surface area (Å²) < 4.78 is 12.4. The summed E-state index contributed by atoms with van der Waals surface area (Å²) in [6.07, 6.45) is 0. The highest BCUT2D eigenvalue weighted by molar-refractivity contribution is 7.82. The van der Waals surface area contributed by atoms with Gasteiger partial charge in [-0.2, -0.15) is 12.6 Å². The first-order valence-corrected chi connectivity index (χ1v) is 6.19. The van der Waals surface area contributed by atoms with Gasteiger partial charge in [0.15, 0.2) is 0 Å². The largest absolute Gasteiger partial charge is 0.480 e. The Kier molecular flexibility index (Phi) is 3.62. The Hall–Kier alpha value is -1.81. The van der Waals surface area contributed by atoms with Gasteiger partial charge in [0.2, 0.25) is 0 Å². The molecule has 1 unspecified atom stereocenters. The quantitative estimate of drug-likeness (QED) is 0.838. The topological polar surface area (TPSA) is 37.3 Å². The van der Waals surface area contributed by atoms with Crippen molar-refractivity contribution in [3.8, 4) is 11.1 Å². The minimum Gasteiger partial charge on any atom is -0.480 e. The summed E-state index contributed by atoms with van der Waals surface area (Å²) in [6.45, 7) is 1.51. The smallest absolute Gasteiger partial charge is 0.323 e. The lowest BCUT2D eigenvalue weighted by Gasteiger charge is -2.18. The van der Waals surface area contributed by atoms with E-state index in [1.165, 1.54) is 13.0 Å². The highest BCUT2D eigenvalue weighted by Gasteiger charge is 2.30. The molecule has 4 heteroatoms. The van der Waals surface area contributed by atoms with Crippen LogP contribution in [0, 0.1) is 5.82 Å². The third-order valence-electron chi connectivity index (χ3n) is 3.05. The van der Waals surface area contributed by atoms with Crippen molar-refractivity contribution in [3.05, 3.63) is 59.9 Å². The van der Waals surface area contributed by atoms with Crippen molar-refractivity contribution in [2.75, 3.05) is 0 Å². The lowest BCUT2D eigenvalue weighted by Crippen LogP contribution is -2.25. The van der Waals surface area contributed by atoms with Crippen molar-refractivity contribution in [2.24, 2.45) is 0 Å². The van der Waals surface area contributed by atoms with Crippen molar-refractivity contribution in [3.63, 3.8) is 0 Å². The molecule has 0 amide bonds. The minimum atomic E-state index is -1.26. The van der Waals surface area contributed by atoms with E-state index in [2.05, 4.69) is 12.6 Å². The number of thiol groups is 1. The SMILES string of the molecule is CC(S)(C(=O)O)c1ccc(-c2ccccc2F)cc1. The molecule has 0 saturated heterocycles. The predicted octanol–water partition coefficient (Wildman–Crippen LogP) is 3.72. The van der Waals surface area contributed by atoms with Crippen LogP contribution in [0.15, 0.2) is 48.5 Å². The highest BCUT2D eigenvalue weighted by atomic mass is 32.1. The molecule has 0 heterocycles. The number of aliphatic carboxylic acids is 1. The molecule has 0 saturated carbocycles. The van der Waals surface area contributed by atoms with Crippen molar-refractivity contribution in [2.45, 2.75) is 11.7 Å². The molecule has 0 aromatic heterocycles. The molecule has 0 aliphatic carbocycles. The number of carbonyl (C=O) groups is 1. The maximum absolute atomic E-state index is 13.6. The fourth-order valence-corrected chi connectivity index (χ4v) is 1.94. The average molecular weight is 276 g/mol. The summed E-state index contributed by atoms with van der Waals surface area (Å²) in [5.74, 6) is -1.32. The Bertz CT molecular complexity index is 606. The Morgan fingerprint density at radius 2 is 1.74 bits per heavy atom. The van der Waals surface area contributed by atoms with Gasteiger partial charge in [-0.05, 0) is 24.1 Å². The first-order valence-electron chi connectivity index (χ1n) is 5.74. The molecule has 2 rings (SSSR count). The Morgan fingerprint density at radius 3 is 2.26 bits per heavy atom. The Labute approximate surface area is 116 Å². The molecule has 2 nitrogen and oxygen atoms in total. The van der Waals surface area contributed by atoms with Gasteiger partial charge in [0.25, 0.3) is 0 Å². The number of halogens is 1. The standard InChI is InChI=1S/C15H13FO2S/c1-15(19,14(17)18)11-8-6-10(7-9-11)12-4-2-3-5-13(12)16/h2-9,19H,1H3,(H,17,18). The highest BCUT2D eigenvalue weighted by Crippen LogP contribution is 2.30. The molecule has 0 bridgehead atoms. The lowest BCUT2D eigenvalue weighted by molar-refractivity contribution is -0.139. The van der Waals surface area contributed by atoms with E-state index in [4.69, 9.17) is 5.11 Å². The Morgan fingerprint density at radius 1 is 1.16 bits per heavy atom. The predicted molar refractivity (Wildman–Crippen MR) is 75.8 cm³/mol. The van der Waals surface area contributed by atoms with Crippen LogP contribution in [0.25, 0.3) is 11.1 Å². The molecule has 19 heavy (non-hydrogen) atoms. The summed E-state index contributed by atoms with van der Waals surface area (Å²) >= 11 is 4.14. The maximum Gasteiger partial charge on any atom is 0.323 e. The van der Waals surface area contributed by atoms with Gasteiger partial charge in [-0.3, -0.25) is 4.79 Å². The number of benzene rings is 2. The third kappa shape index (κ3) is 2.63. The first-order chi connectivity index (χ1) is 8.93. The minimum absolute atomic E-state index is 0.304. The van der Waals surface area contributed by atoms with Crippen LogP contribution in [0.5, 0.6) is 0 Å². The number of hydrogen-bond acceptors (Lipinski definition) is 2. The monoisotopic (exact) mass is 276 g/mol. The molecule has 1 atom stereocenters. The van der Waals surface area contributed by atoms with Gasteiger partial charge in [-0.25, -0.2) is 4.39 Å². The van der Waals surface area contributed by atoms with Crippen LogP contribution in [-0.4, -0.2) is 11.1 Å². The molecule has 0 aliphatic rings. The van der Waals surface area contributed by atoms with Crippen LogP contribution in [0.1, 0.15) is 12.5 Å². The van der Waals surface area contributed by atoms with Crippen LogP contribution in [0.3, 0.4) is 0 Å². The van der Waals surface area contributed by atoms with Gasteiger partial charge in [0, 0.05) is 5.56 Å². The molecule has 2 aromatic carbocycles. The lowest BCUT2D eigenvalue weighted by atomic mass is 9.96. The van der Waals surface area contributed by atoms with Crippen molar-refractivity contribution in [1.29, 1.82) is 0 Å². The average Bonchev–Trinajstić information content (AvgIpc) is 2.39. The van der Waals surface area contributed by atoms with Gasteiger partial charge in [-0.15, -0.1) is 0 Å². The molecule has 0 aliphatic heterocycles. The normalized spacial score (nSPS) is 13.8. The van der Waals surface area contributed by atoms with E-state index in [-0.39, 0.29) is 5.82 Å². The van der Waals surface area contributed by atoms with Crippen LogP contribution < -0.4 is 0 Å². The fraction of sp³-hybridized carbons (Fsp3) is 0.133. The van der Waals surface area contributed by atoms with Crippen LogP contribution in [0.2, 0.25) is 0 Å². The van der Waals surface area contributed by atoms with E-state index in [9.17, 15) is 9.18 Å². The zero-order valence-corrected chi connectivity index (χ0v) is 11.2. The molecule has 0 fully saturated rings. The summed E-state index contributed by atoms with van der Waals surface area (Å²) in [4.78, 5) is 11.1. The fourth-order valence-electron chi connectivity index (χ4n) is 1.79. The van der Waals surface area contributed by atoms with E-state index >= 15 is 0 Å². The maximum atomic E-state index is 13.6. The van der Waals surface area contributed by atoms with E-state index < -0.39 is 10.7 Å². The van der Waals surface area contributed by atoms with Crippen molar-refractivity contribution in [1.82, 2.24) is 0 Å². The summed E-state index contributed by atoms with van der Waals surface area (Å²) in [6, 6.07) is 13.2. The summed E-state index contributed by atoms with van der Waals surface area (Å²) in [7, 11) is 0. The molecule has 98 valence electrons. The van der Waals surface area contributed by atoms with Crippen LogP contribution >= 0.6 is 12.6 Å².